The highest BCUT2D eigenvalue weighted by Crippen LogP contribution is 2.19. The summed E-state index contributed by atoms with van der Waals surface area (Å²) in [5.41, 5.74) is 0. The van der Waals surface area contributed by atoms with Gasteiger partial charge in [-0.3, -0.25) is 4.79 Å². The van der Waals surface area contributed by atoms with Gasteiger partial charge in [-0.2, -0.15) is 0 Å². The summed E-state index contributed by atoms with van der Waals surface area (Å²) in [6.07, 6.45) is 3.29. The van der Waals surface area contributed by atoms with E-state index in [1.807, 2.05) is 0 Å². The van der Waals surface area contributed by atoms with Crippen molar-refractivity contribution < 1.29 is 14.3 Å². The summed E-state index contributed by atoms with van der Waals surface area (Å²) in [4.78, 5) is 12.0. The van der Waals surface area contributed by atoms with E-state index in [9.17, 15) is 4.79 Å². The first-order valence-corrected chi connectivity index (χ1v) is 7.00. The van der Waals surface area contributed by atoms with Crippen LogP contribution in [0, 0.1) is 5.92 Å². The molecule has 3 unspecified atom stereocenters. The molecule has 0 aromatic rings. The Morgan fingerprint density at radius 1 is 1.44 bits per heavy atom. The van der Waals surface area contributed by atoms with E-state index in [4.69, 9.17) is 9.47 Å². The van der Waals surface area contributed by atoms with E-state index in [0.29, 0.717) is 32.3 Å². The molecule has 0 bridgehead atoms. The van der Waals surface area contributed by atoms with Crippen LogP contribution in [-0.4, -0.2) is 51.0 Å². The van der Waals surface area contributed by atoms with Crippen molar-refractivity contribution in [1.82, 2.24) is 10.6 Å². The lowest BCUT2D eigenvalue weighted by Crippen LogP contribution is -2.51. The van der Waals surface area contributed by atoms with Crippen LogP contribution >= 0.6 is 0 Å². The van der Waals surface area contributed by atoms with Crippen molar-refractivity contribution in [2.45, 2.75) is 38.3 Å². The van der Waals surface area contributed by atoms with Crippen LogP contribution < -0.4 is 10.6 Å². The fourth-order valence-corrected chi connectivity index (χ4v) is 2.56. The van der Waals surface area contributed by atoms with Crippen molar-refractivity contribution >= 4 is 5.91 Å². The zero-order valence-electron chi connectivity index (χ0n) is 11.1. The summed E-state index contributed by atoms with van der Waals surface area (Å²) < 4.78 is 10.8. The standard InChI is InChI=1S/C13H24N2O3/c1-2-10-3-4-14-12(7-10)13(16)15-8-11-9-17-5-6-18-11/h10-12,14H,2-9H2,1H3,(H,15,16). The highest BCUT2D eigenvalue weighted by molar-refractivity contribution is 5.81. The molecule has 0 aliphatic carbocycles. The molecule has 0 saturated carbocycles. The van der Waals surface area contributed by atoms with E-state index in [-0.39, 0.29) is 18.1 Å². The predicted molar refractivity (Wildman–Crippen MR) is 68.4 cm³/mol. The molecule has 3 atom stereocenters. The molecule has 5 nitrogen and oxygen atoms in total. The summed E-state index contributed by atoms with van der Waals surface area (Å²) in [6, 6.07) is -0.0341. The lowest BCUT2D eigenvalue weighted by Gasteiger charge is -2.30. The predicted octanol–water partition coefficient (Wildman–Crippen LogP) is 0.296. The van der Waals surface area contributed by atoms with Crippen molar-refractivity contribution in [3.05, 3.63) is 0 Å². The fraction of sp³-hybridized carbons (Fsp3) is 0.923. The molecule has 104 valence electrons. The minimum Gasteiger partial charge on any atom is -0.376 e. The average Bonchev–Trinajstić information content (AvgIpc) is 2.46. The van der Waals surface area contributed by atoms with Gasteiger partial charge in [-0.25, -0.2) is 0 Å². The maximum absolute atomic E-state index is 12.0. The number of carbonyl (C=O) groups excluding carboxylic acids is 1. The van der Waals surface area contributed by atoms with Crippen LogP contribution in [0.25, 0.3) is 0 Å². The molecule has 5 heteroatoms. The number of amides is 1. The van der Waals surface area contributed by atoms with Gasteiger partial charge in [0, 0.05) is 6.54 Å². The van der Waals surface area contributed by atoms with Crippen LogP contribution in [0.2, 0.25) is 0 Å². The van der Waals surface area contributed by atoms with Crippen LogP contribution in [0.5, 0.6) is 0 Å². The van der Waals surface area contributed by atoms with Gasteiger partial charge >= 0.3 is 0 Å². The Morgan fingerprint density at radius 3 is 3.06 bits per heavy atom. The molecule has 0 aromatic carbocycles. The van der Waals surface area contributed by atoms with Crippen LogP contribution in [0.1, 0.15) is 26.2 Å². The van der Waals surface area contributed by atoms with Gasteiger partial charge in [0.15, 0.2) is 0 Å². The highest BCUT2D eigenvalue weighted by atomic mass is 16.6. The summed E-state index contributed by atoms with van der Waals surface area (Å²) in [6.45, 7) is 5.55. The molecule has 0 aromatic heterocycles. The Bertz CT molecular complexity index is 267. The van der Waals surface area contributed by atoms with Crippen LogP contribution in [-0.2, 0) is 14.3 Å². The largest absolute Gasteiger partial charge is 0.376 e. The second-order valence-electron chi connectivity index (χ2n) is 5.12. The van der Waals surface area contributed by atoms with E-state index in [2.05, 4.69) is 17.6 Å². The van der Waals surface area contributed by atoms with Gasteiger partial charge in [0.2, 0.25) is 5.91 Å². The van der Waals surface area contributed by atoms with Crippen molar-refractivity contribution in [1.29, 1.82) is 0 Å². The highest BCUT2D eigenvalue weighted by Gasteiger charge is 2.26. The van der Waals surface area contributed by atoms with Crippen LogP contribution in [0.3, 0.4) is 0 Å². The molecule has 0 radical (unpaired) electrons. The van der Waals surface area contributed by atoms with Gasteiger partial charge in [-0.1, -0.05) is 13.3 Å². The normalized spacial score (nSPS) is 33.1. The zero-order valence-corrected chi connectivity index (χ0v) is 11.1. The first kappa shape index (κ1) is 13.8. The van der Waals surface area contributed by atoms with Crippen LogP contribution in [0.15, 0.2) is 0 Å². The van der Waals surface area contributed by atoms with Gasteiger partial charge < -0.3 is 20.1 Å². The van der Waals surface area contributed by atoms with E-state index in [1.54, 1.807) is 0 Å². The van der Waals surface area contributed by atoms with E-state index >= 15 is 0 Å². The number of piperidine rings is 1. The van der Waals surface area contributed by atoms with E-state index in [0.717, 1.165) is 19.4 Å². The first-order chi connectivity index (χ1) is 8.79. The minimum atomic E-state index is -0.0341. The maximum atomic E-state index is 12.0. The molecule has 2 rings (SSSR count). The van der Waals surface area contributed by atoms with Crippen molar-refractivity contribution in [2.24, 2.45) is 5.92 Å². The number of carbonyl (C=O) groups is 1. The third kappa shape index (κ3) is 3.93. The first-order valence-electron chi connectivity index (χ1n) is 7.00. The van der Waals surface area contributed by atoms with Crippen LogP contribution in [0.4, 0.5) is 0 Å². The van der Waals surface area contributed by atoms with E-state index in [1.165, 1.54) is 6.42 Å². The fourth-order valence-electron chi connectivity index (χ4n) is 2.56. The molecular weight excluding hydrogens is 232 g/mol. The lowest BCUT2D eigenvalue weighted by atomic mass is 9.90. The third-order valence-corrected chi connectivity index (χ3v) is 3.80. The number of nitrogens with one attached hydrogen (secondary N) is 2. The SMILES string of the molecule is CCC1CCNC(C(=O)NCC2COCCO2)C1. The molecular formula is C13H24N2O3. The van der Waals surface area contributed by atoms with Gasteiger partial charge in [-0.15, -0.1) is 0 Å². The zero-order chi connectivity index (χ0) is 12.8. The number of rotatable bonds is 4. The molecule has 1 amide bonds. The number of hydrogen-bond acceptors (Lipinski definition) is 4. The molecule has 18 heavy (non-hydrogen) atoms. The quantitative estimate of drug-likeness (QED) is 0.759. The van der Waals surface area contributed by atoms with Gasteiger partial charge in [0.05, 0.1) is 32.0 Å². The van der Waals surface area contributed by atoms with Gasteiger partial charge in [0.25, 0.3) is 0 Å². The molecule has 2 saturated heterocycles. The molecule has 2 N–H and O–H groups in total. The van der Waals surface area contributed by atoms with Gasteiger partial charge in [0.1, 0.15) is 0 Å². The number of hydrogen-bond donors (Lipinski definition) is 2. The summed E-state index contributed by atoms with van der Waals surface area (Å²) >= 11 is 0. The Labute approximate surface area is 109 Å². The van der Waals surface area contributed by atoms with Gasteiger partial charge in [-0.05, 0) is 25.3 Å². The smallest absolute Gasteiger partial charge is 0.237 e. The average molecular weight is 256 g/mol. The second kappa shape index (κ2) is 7.07. The molecule has 0 spiro atoms. The molecule has 2 heterocycles. The second-order valence-corrected chi connectivity index (χ2v) is 5.12. The van der Waals surface area contributed by atoms with E-state index < -0.39 is 0 Å². The Hall–Kier alpha value is -0.650. The summed E-state index contributed by atoms with van der Waals surface area (Å²) in [7, 11) is 0. The lowest BCUT2D eigenvalue weighted by molar-refractivity contribution is -0.126. The minimum absolute atomic E-state index is 0.00765. The number of ether oxygens (including phenoxy) is 2. The van der Waals surface area contributed by atoms with Crippen molar-refractivity contribution in [3.8, 4) is 0 Å². The molecule has 2 aliphatic rings. The Morgan fingerprint density at radius 2 is 2.33 bits per heavy atom. The molecule has 2 fully saturated rings. The molecule has 2 aliphatic heterocycles. The maximum Gasteiger partial charge on any atom is 0.237 e. The Kier molecular flexibility index (Phi) is 5.41. The summed E-state index contributed by atoms with van der Waals surface area (Å²) in [5, 5.41) is 6.25. The van der Waals surface area contributed by atoms with Crippen molar-refractivity contribution in [2.75, 3.05) is 32.9 Å². The summed E-state index contributed by atoms with van der Waals surface area (Å²) in [5.74, 6) is 0.776. The third-order valence-electron chi connectivity index (χ3n) is 3.80. The Balaban J connectivity index is 1.70. The topological polar surface area (TPSA) is 59.6 Å². The monoisotopic (exact) mass is 256 g/mol. The van der Waals surface area contributed by atoms with Crippen molar-refractivity contribution in [3.63, 3.8) is 0 Å².